The molecule has 0 spiro atoms. The van der Waals surface area contributed by atoms with Gasteiger partial charge in [-0.15, -0.1) is 0 Å². The summed E-state index contributed by atoms with van der Waals surface area (Å²) in [6, 6.07) is 15.2. The van der Waals surface area contributed by atoms with Crippen molar-refractivity contribution in [2.75, 3.05) is 0 Å². The van der Waals surface area contributed by atoms with Gasteiger partial charge in [0, 0.05) is 4.47 Å². The van der Waals surface area contributed by atoms with Gasteiger partial charge in [0.25, 0.3) is 0 Å². The first-order chi connectivity index (χ1) is 8.66. The molecule has 0 saturated carbocycles. The average molecular weight is 301 g/mol. The van der Waals surface area contributed by atoms with E-state index in [1.54, 1.807) is 12.1 Å². The Hall–Kier alpha value is -1.87. The summed E-state index contributed by atoms with van der Waals surface area (Å²) in [5.41, 5.74) is 0.342. The van der Waals surface area contributed by atoms with Crippen LogP contribution in [0.4, 0.5) is 0 Å². The quantitative estimate of drug-likeness (QED) is 0.674. The first-order valence-electron chi connectivity index (χ1n) is 5.51. The van der Waals surface area contributed by atoms with Crippen LogP contribution in [0.15, 0.2) is 53.0 Å². The number of halogens is 1. The minimum atomic E-state index is -0.894. The van der Waals surface area contributed by atoms with E-state index in [1.807, 2.05) is 36.4 Å². The van der Waals surface area contributed by atoms with Gasteiger partial charge in [-0.05, 0) is 45.8 Å². The van der Waals surface area contributed by atoms with Crippen molar-refractivity contribution in [3.63, 3.8) is 0 Å². The summed E-state index contributed by atoms with van der Waals surface area (Å²) in [4.78, 5) is 11.2. The van der Waals surface area contributed by atoms with Gasteiger partial charge in [0.05, 0.1) is 5.56 Å². The Morgan fingerprint density at radius 3 is 2.28 bits per heavy atom. The molecule has 0 unspecified atom stereocenters. The molecule has 0 aliphatic heterocycles. The average Bonchev–Trinajstić information content (AvgIpc) is 2.36. The van der Waals surface area contributed by atoms with Gasteiger partial charge in [-0.3, -0.25) is 0 Å². The number of benzene rings is 3. The van der Waals surface area contributed by atoms with Crippen LogP contribution < -0.4 is 0 Å². The van der Waals surface area contributed by atoms with Gasteiger partial charge in [-0.25, -0.2) is 4.79 Å². The van der Waals surface area contributed by atoms with E-state index in [1.165, 1.54) is 0 Å². The fraction of sp³-hybridized carbons (Fsp3) is 0. The zero-order chi connectivity index (χ0) is 12.7. The van der Waals surface area contributed by atoms with Crippen molar-refractivity contribution >= 4 is 43.4 Å². The molecule has 0 aromatic heterocycles. The predicted molar refractivity (Wildman–Crippen MR) is 76.1 cm³/mol. The van der Waals surface area contributed by atoms with E-state index in [4.69, 9.17) is 0 Å². The number of carbonyl (C=O) groups is 1. The van der Waals surface area contributed by atoms with Gasteiger partial charge in [-0.1, -0.05) is 40.2 Å². The van der Waals surface area contributed by atoms with Crippen LogP contribution in [-0.4, -0.2) is 11.1 Å². The summed E-state index contributed by atoms with van der Waals surface area (Å²) >= 11 is 3.51. The number of carboxylic acid groups (broad SMARTS) is 1. The number of rotatable bonds is 1. The Morgan fingerprint density at radius 2 is 1.56 bits per heavy atom. The topological polar surface area (TPSA) is 37.3 Å². The third-order valence-corrected chi connectivity index (χ3v) is 3.75. The lowest BCUT2D eigenvalue weighted by atomic mass is 10.00. The monoisotopic (exact) mass is 300 g/mol. The number of hydrogen-bond acceptors (Lipinski definition) is 1. The summed E-state index contributed by atoms with van der Waals surface area (Å²) in [6.07, 6.45) is 0. The zero-order valence-corrected chi connectivity index (χ0v) is 10.9. The molecule has 0 atom stereocenters. The van der Waals surface area contributed by atoms with Gasteiger partial charge in [0.15, 0.2) is 0 Å². The fourth-order valence-electron chi connectivity index (χ4n) is 2.20. The fourth-order valence-corrected chi connectivity index (χ4v) is 2.70. The second-order valence-electron chi connectivity index (χ2n) is 4.15. The molecule has 0 saturated heterocycles. The van der Waals surface area contributed by atoms with Gasteiger partial charge in [0.2, 0.25) is 0 Å². The van der Waals surface area contributed by atoms with E-state index in [0.717, 1.165) is 26.0 Å². The Labute approximate surface area is 112 Å². The van der Waals surface area contributed by atoms with Crippen LogP contribution in [0.25, 0.3) is 21.5 Å². The maximum Gasteiger partial charge on any atom is 0.336 e. The van der Waals surface area contributed by atoms with Crippen LogP contribution in [0.2, 0.25) is 0 Å². The summed E-state index contributed by atoms with van der Waals surface area (Å²) < 4.78 is 1.02. The molecule has 3 aromatic carbocycles. The molecule has 0 aliphatic carbocycles. The lowest BCUT2D eigenvalue weighted by Crippen LogP contribution is -1.97. The van der Waals surface area contributed by atoms with Crippen LogP contribution in [0.1, 0.15) is 10.4 Å². The van der Waals surface area contributed by atoms with Crippen molar-refractivity contribution in [2.24, 2.45) is 0 Å². The van der Waals surface area contributed by atoms with E-state index in [0.29, 0.717) is 5.56 Å². The summed E-state index contributed by atoms with van der Waals surface area (Å²) in [6.45, 7) is 0. The van der Waals surface area contributed by atoms with E-state index in [9.17, 15) is 9.90 Å². The van der Waals surface area contributed by atoms with Crippen LogP contribution >= 0.6 is 15.9 Å². The van der Waals surface area contributed by atoms with Crippen molar-refractivity contribution in [2.45, 2.75) is 0 Å². The smallest absolute Gasteiger partial charge is 0.336 e. The Kier molecular flexibility index (Phi) is 2.56. The molecule has 2 nitrogen and oxygen atoms in total. The second kappa shape index (κ2) is 4.10. The molecular formula is C15H9BrO2. The Balaban J connectivity index is 2.49. The van der Waals surface area contributed by atoms with Crippen molar-refractivity contribution in [3.8, 4) is 0 Å². The van der Waals surface area contributed by atoms with Crippen molar-refractivity contribution in [1.29, 1.82) is 0 Å². The minimum absolute atomic E-state index is 0.342. The molecule has 3 aromatic rings. The molecular weight excluding hydrogens is 292 g/mol. The Morgan fingerprint density at radius 1 is 0.944 bits per heavy atom. The standard InChI is InChI=1S/C15H9BrO2/c16-14-6-2-4-10-7-12-9(8-13(10)14)3-1-5-11(12)15(17)18/h1-8H,(H,17,18). The lowest BCUT2D eigenvalue weighted by Gasteiger charge is -2.06. The first kappa shape index (κ1) is 11.2. The van der Waals surface area contributed by atoms with Crippen molar-refractivity contribution < 1.29 is 9.90 Å². The molecule has 0 radical (unpaired) electrons. The number of aromatic carboxylic acids is 1. The van der Waals surface area contributed by atoms with Gasteiger partial charge < -0.3 is 5.11 Å². The SMILES string of the molecule is O=C(O)c1cccc2cc3c(Br)cccc3cc12. The van der Waals surface area contributed by atoms with Crippen LogP contribution in [0, 0.1) is 0 Å². The highest BCUT2D eigenvalue weighted by atomic mass is 79.9. The summed E-state index contributed by atoms with van der Waals surface area (Å²) in [5.74, 6) is -0.894. The molecule has 18 heavy (non-hydrogen) atoms. The molecule has 0 heterocycles. The first-order valence-corrected chi connectivity index (χ1v) is 6.30. The van der Waals surface area contributed by atoms with Crippen LogP contribution in [0.5, 0.6) is 0 Å². The highest BCUT2D eigenvalue weighted by molar-refractivity contribution is 9.10. The normalized spacial score (nSPS) is 10.9. The van der Waals surface area contributed by atoms with Crippen molar-refractivity contribution in [3.05, 3.63) is 58.6 Å². The summed E-state index contributed by atoms with van der Waals surface area (Å²) in [7, 11) is 0. The van der Waals surface area contributed by atoms with Gasteiger partial charge in [0.1, 0.15) is 0 Å². The molecule has 0 fully saturated rings. The van der Waals surface area contributed by atoms with E-state index in [2.05, 4.69) is 15.9 Å². The van der Waals surface area contributed by atoms with Crippen molar-refractivity contribution in [1.82, 2.24) is 0 Å². The number of hydrogen-bond donors (Lipinski definition) is 1. The second-order valence-corrected chi connectivity index (χ2v) is 5.00. The van der Waals surface area contributed by atoms with E-state index >= 15 is 0 Å². The highest BCUT2D eigenvalue weighted by Gasteiger charge is 2.09. The third-order valence-electron chi connectivity index (χ3n) is 3.06. The maximum absolute atomic E-state index is 11.2. The molecule has 0 aliphatic rings. The summed E-state index contributed by atoms with van der Waals surface area (Å²) in [5, 5.41) is 13.0. The van der Waals surface area contributed by atoms with Gasteiger partial charge >= 0.3 is 5.97 Å². The third kappa shape index (κ3) is 1.68. The molecule has 0 bridgehead atoms. The predicted octanol–water partition coefficient (Wildman–Crippen LogP) is 4.45. The van der Waals surface area contributed by atoms with Crippen LogP contribution in [-0.2, 0) is 0 Å². The van der Waals surface area contributed by atoms with E-state index in [-0.39, 0.29) is 0 Å². The molecule has 88 valence electrons. The molecule has 3 heteroatoms. The minimum Gasteiger partial charge on any atom is -0.478 e. The largest absolute Gasteiger partial charge is 0.478 e. The number of carboxylic acids is 1. The molecule has 0 amide bonds. The lowest BCUT2D eigenvalue weighted by molar-refractivity contribution is 0.0699. The number of fused-ring (bicyclic) bond motifs is 2. The van der Waals surface area contributed by atoms with Crippen LogP contribution in [0.3, 0.4) is 0 Å². The zero-order valence-electron chi connectivity index (χ0n) is 9.35. The molecule has 1 N–H and O–H groups in total. The molecule has 3 rings (SSSR count). The van der Waals surface area contributed by atoms with E-state index < -0.39 is 5.97 Å². The highest BCUT2D eigenvalue weighted by Crippen LogP contribution is 2.30. The van der Waals surface area contributed by atoms with Gasteiger partial charge in [-0.2, -0.15) is 0 Å². The Bertz CT molecular complexity index is 778. The maximum atomic E-state index is 11.2.